The molecule has 0 bridgehead atoms. The zero-order chi connectivity index (χ0) is 18.6. The molecule has 4 rings (SSSR count). The summed E-state index contributed by atoms with van der Waals surface area (Å²) in [5.41, 5.74) is 1.17. The van der Waals surface area contributed by atoms with Crippen LogP contribution in [-0.2, 0) is 13.0 Å². The number of amides is 1. The number of furan rings is 1. The van der Waals surface area contributed by atoms with Gasteiger partial charge in [-0.25, -0.2) is 4.98 Å². The van der Waals surface area contributed by atoms with Crippen molar-refractivity contribution in [3.8, 4) is 0 Å². The van der Waals surface area contributed by atoms with E-state index in [1.54, 1.807) is 18.6 Å². The van der Waals surface area contributed by atoms with Crippen molar-refractivity contribution in [3.05, 3.63) is 41.7 Å². The molecule has 0 aromatic carbocycles. The van der Waals surface area contributed by atoms with Crippen molar-refractivity contribution < 1.29 is 9.21 Å². The molecule has 0 spiro atoms. The maximum absolute atomic E-state index is 12.9. The van der Waals surface area contributed by atoms with E-state index in [0.29, 0.717) is 18.8 Å². The van der Waals surface area contributed by atoms with Gasteiger partial charge in [0, 0.05) is 57.1 Å². The fourth-order valence-corrected chi connectivity index (χ4v) is 3.94. The van der Waals surface area contributed by atoms with Crippen molar-refractivity contribution in [2.75, 3.05) is 44.2 Å². The Morgan fingerprint density at radius 3 is 2.56 bits per heavy atom. The highest BCUT2D eigenvalue weighted by Crippen LogP contribution is 2.22. The van der Waals surface area contributed by atoms with Crippen molar-refractivity contribution in [2.24, 2.45) is 0 Å². The van der Waals surface area contributed by atoms with Gasteiger partial charge in [-0.1, -0.05) is 6.92 Å². The molecule has 0 aliphatic carbocycles. The van der Waals surface area contributed by atoms with E-state index in [2.05, 4.69) is 26.7 Å². The molecule has 144 valence electrons. The Labute approximate surface area is 160 Å². The first-order chi connectivity index (χ1) is 13.2. The van der Waals surface area contributed by atoms with Crippen molar-refractivity contribution in [1.82, 2.24) is 19.8 Å². The lowest BCUT2D eigenvalue weighted by Crippen LogP contribution is -2.49. The Bertz CT molecular complexity index is 762. The molecule has 4 heterocycles. The van der Waals surface area contributed by atoms with E-state index < -0.39 is 0 Å². The van der Waals surface area contributed by atoms with Gasteiger partial charge in [0.25, 0.3) is 5.91 Å². The largest absolute Gasteiger partial charge is 0.456 e. The number of rotatable bonds is 5. The van der Waals surface area contributed by atoms with Gasteiger partial charge >= 0.3 is 0 Å². The highest BCUT2D eigenvalue weighted by molar-refractivity contribution is 5.92. The van der Waals surface area contributed by atoms with Crippen molar-refractivity contribution in [2.45, 2.75) is 32.7 Å². The lowest BCUT2D eigenvalue weighted by molar-refractivity contribution is 0.0712. The average molecular weight is 369 g/mol. The van der Waals surface area contributed by atoms with Gasteiger partial charge in [0.05, 0.1) is 6.20 Å². The van der Waals surface area contributed by atoms with Crippen molar-refractivity contribution in [3.63, 3.8) is 0 Å². The molecule has 2 aromatic heterocycles. The van der Waals surface area contributed by atoms with Gasteiger partial charge in [-0.3, -0.25) is 14.7 Å². The normalized spacial score (nSPS) is 18.3. The van der Waals surface area contributed by atoms with E-state index in [1.165, 1.54) is 18.4 Å². The number of hydrogen-bond donors (Lipinski definition) is 0. The summed E-state index contributed by atoms with van der Waals surface area (Å²) in [6.07, 6.45) is 8.48. The topological polar surface area (TPSA) is 65.7 Å². The zero-order valence-electron chi connectivity index (χ0n) is 15.9. The first kappa shape index (κ1) is 18.0. The molecule has 0 saturated carbocycles. The third kappa shape index (κ3) is 3.98. The van der Waals surface area contributed by atoms with Gasteiger partial charge in [0.1, 0.15) is 11.6 Å². The van der Waals surface area contributed by atoms with E-state index in [-0.39, 0.29) is 5.91 Å². The quantitative estimate of drug-likeness (QED) is 0.805. The van der Waals surface area contributed by atoms with Crippen LogP contribution in [0.5, 0.6) is 0 Å². The van der Waals surface area contributed by atoms with E-state index in [0.717, 1.165) is 50.7 Å². The van der Waals surface area contributed by atoms with Gasteiger partial charge in [0.15, 0.2) is 5.76 Å². The number of carbonyl (C=O) groups excluding carboxylic acids is 1. The van der Waals surface area contributed by atoms with Crippen LogP contribution in [-0.4, -0.2) is 64.9 Å². The fourth-order valence-electron chi connectivity index (χ4n) is 3.94. The summed E-state index contributed by atoms with van der Waals surface area (Å²) >= 11 is 0. The fraction of sp³-hybridized carbons (Fsp3) is 0.550. The average Bonchev–Trinajstić information content (AvgIpc) is 3.38. The third-order valence-electron chi connectivity index (χ3n) is 5.46. The summed E-state index contributed by atoms with van der Waals surface area (Å²) < 4.78 is 5.95. The standard InChI is InChI=1S/C20H27N5O2/c1-2-17-16(15-23-7-3-4-8-23)13-18(27-17)20(26)25-11-9-24(10-12-25)19-14-21-5-6-22-19/h5-6,13-14H,2-4,7-12,15H2,1H3. The van der Waals surface area contributed by atoms with E-state index >= 15 is 0 Å². The second kappa shape index (κ2) is 8.08. The smallest absolute Gasteiger partial charge is 0.289 e. The van der Waals surface area contributed by atoms with E-state index in [9.17, 15) is 4.79 Å². The molecule has 7 heteroatoms. The molecule has 7 nitrogen and oxygen atoms in total. The third-order valence-corrected chi connectivity index (χ3v) is 5.46. The minimum Gasteiger partial charge on any atom is -0.456 e. The monoisotopic (exact) mass is 369 g/mol. The maximum atomic E-state index is 12.9. The van der Waals surface area contributed by atoms with Crippen LogP contribution in [0.4, 0.5) is 5.82 Å². The Kier molecular flexibility index (Phi) is 5.38. The predicted octanol–water partition coefficient (Wildman–Crippen LogP) is 2.19. The number of carbonyl (C=O) groups is 1. The number of likely N-dealkylation sites (tertiary alicyclic amines) is 1. The number of piperazine rings is 1. The lowest BCUT2D eigenvalue weighted by Gasteiger charge is -2.34. The summed E-state index contributed by atoms with van der Waals surface area (Å²) in [5, 5.41) is 0. The molecule has 0 atom stereocenters. The van der Waals surface area contributed by atoms with Crippen molar-refractivity contribution >= 4 is 11.7 Å². The summed E-state index contributed by atoms with van der Waals surface area (Å²) in [6, 6.07) is 1.97. The van der Waals surface area contributed by atoms with Gasteiger partial charge in [0.2, 0.25) is 0 Å². The van der Waals surface area contributed by atoms with Crippen LogP contribution < -0.4 is 4.90 Å². The Morgan fingerprint density at radius 2 is 1.89 bits per heavy atom. The first-order valence-electron chi connectivity index (χ1n) is 9.88. The summed E-state index contributed by atoms with van der Waals surface area (Å²) in [6.45, 7) is 8.10. The Balaban J connectivity index is 1.40. The predicted molar refractivity (Wildman–Crippen MR) is 103 cm³/mol. The van der Waals surface area contributed by atoms with Gasteiger partial charge in [-0.05, 0) is 32.0 Å². The molecular weight excluding hydrogens is 342 g/mol. The number of nitrogens with zero attached hydrogens (tertiary/aromatic N) is 5. The minimum atomic E-state index is -0.00355. The van der Waals surface area contributed by atoms with E-state index in [4.69, 9.17) is 4.42 Å². The van der Waals surface area contributed by atoms with Crippen LogP contribution in [0, 0.1) is 0 Å². The highest BCUT2D eigenvalue weighted by Gasteiger charge is 2.26. The van der Waals surface area contributed by atoms with Gasteiger partial charge in [-0.15, -0.1) is 0 Å². The summed E-state index contributed by atoms with van der Waals surface area (Å²) in [5.74, 6) is 2.29. The second-order valence-corrected chi connectivity index (χ2v) is 7.24. The van der Waals surface area contributed by atoms with Gasteiger partial charge in [-0.2, -0.15) is 0 Å². The number of anilines is 1. The molecule has 2 aromatic rings. The van der Waals surface area contributed by atoms with Crippen LogP contribution in [0.3, 0.4) is 0 Å². The van der Waals surface area contributed by atoms with E-state index in [1.807, 2.05) is 11.0 Å². The molecular formula is C20H27N5O2. The molecule has 1 amide bonds. The highest BCUT2D eigenvalue weighted by atomic mass is 16.4. The minimum absolute atomic E-state index is 0.00355. The molecule has 0 radical (unpaired) electrons. The second-order valence-electron chi connectivity index (χ2n) is 7.24. The Morgan fingerprint density at radius 1 is 1.11 bits per heavy atom. The van der Waals surface area contributed by atoms with Crippen LogP contribution in [0.2, 0.25) is 0 Å². The molecule has 2 saturated heterocycles. The summed E-state index contributed by atoms with van der Waals surface area (Å²) in [4.78, 5) is 27.9. The maximum Gasteiger partial charge on any atom is 0.289 e. The zero-order valence-corrected chi connectivity index (χ0v) is 15.9. The van der Waals surface area contributed by atoms with Gasteiger partial charge < -0.3 is 14.2 Å². The number of hydrogen-bond acceptors (Lipinski definition) is 6. The SMILES string of the molecule is CCc1oc(C(=O)N2CCN(c3cnccn3)CC2)cc1CN1CCCC1. The number of aryl methyl sites for hydroxylation is 1. The Hall–Kier alpha value is -2.41. The molecule has 2 aliphatic rings. The lowest BCUT2D eigenvalue weighted by atomic mass is 10.2. The number of aromatic nitrogens is 2. The molecule has 0 unspecified atom stereocenters. The van der Waals surface area contributed by atoms with Crippen LogP contribution in [0.15, 0.2) is 29.1 Å². The summed E-state index contributed by atoms with van der Waals surface area (Å²) in [7, 11) is 0. The van der Waals surface area contributed by atoms with Crippen LogP contribution in [0.25, 0.3) is 0 Å². The van der Waals surface area contributed by atoms with Crippen LogP contribution >= 0.6 is 0 Å². The molecule has 0 N–H and O–H groups in total. The molecule has 2 aliphatic heterocycles. The van der Waals surface area contributed by atoms with Crippen molar-refractivity contribution in [1.29, 1.82) is 0 Å². The van der Waals surface area contributed by atoms with Crippen LogP contribution in [0.1, 0.15) is 41.6 Å². The first-order valence-corrected chi connectivity index (χ1v) is 9.88. The molecule has 27 heavy (non-hydrogen) atoms. The molecule has 2 fully saturated rings.